The van der Waals surface area contributed by atoms with Gasteiger partial charge in [0, 0.05) is 12.6 Å². The van der Waals surface area contributed by atoms with Crippen molar-refractivity contribution in [2.24, 2.45) is 0 Å². The lowest BCUT2D eigenvalue weighted by molar-refractivity contribution is -0.00610. The van der Waals surface area contributed by atoms with Crippen molar-refractivity contribution < 1.29 is 9.84 Å². The molecule has 0 saturated heterocycles. The number of hydrogen-bond donors (Lipinski definition) is 2. The highest BCUT2D eigenvalue weighted by Crippen LogP contribution is 2.21. The van der Waals surface area contributed by atoms with Gasteiger partial charge in [0.2, 0.25) is 0 Å². The van der Waals surface area contributed by atoms with Crippen LogP contribution in [0, 0.1) is 6.92 Å². The molecule has 112 valence electrons. The first-order valence-electron chi connectivity index (χ1n) is 7.75. The Morgan fingerprint density at radius 1 is 1.25 bits per heavy atom. The van der Waals surface area contributed by atoms with Crippen molar-refractivity contribution in [3.63, 3.8) is 0 Å². The quantitative estimate of drug-likeness (QED) is 0.805. The fourth-order valence-electron chi connectivity index (χ4n) is 2.65. The summed E-state index contributed by atoms with van der Waals surface area (Å²) in [4.78, 5) is 0. The molecule has 2 rings (SSSR count). The fraction of sp³-hybridized carbons (Fsp3) is 0.647. The van der Waals surface area contributed by atoms with Crippen LogP contribution in [0.2, 0.25) is 0 Å². The Bertz CT molecular complexity index is 384. The molecule has 1 aromatic rings. The largest absolute Gasteiger partial charge is 0.389 e. The molecule has 0 bridgehead atoms. The first-order chi connectivity index (χ1) is 9.65. The highest BCUT2D eigenvalue weighted by Gasteiger charge is 2.17. The van der Waals surface area contributed by atoms with Gasteiger partial charge in [-0.3, -0.25) is 0 Å². The molecule has 2 atom stereocenters. The monoisotopic (exact) mass is 277 g/mol. The van der Waals surface area contributed by atoms with E-state index in [-0.39, 0.29) is 6.04 Å². The van der Waals surface area contributed by atoms with Gasteiger partial charge in [0.15, 0.2) is 0 Å². The second-order valence-electron chi connectivity index (χ2n) is 5.93. The highest BCUT2D eigenvalue weighted by atomic mass is 16.5. The zero-order valence-electron chi connectivity index (χ0n) is 12.6. The van der Waals surface area contributed by atoms with Gasteiger partial charge in [-0.25, -0.2) is 0 Å². The van der Waals surface area contributed by atoms with E-state index in [0.29, 0.717) is 19.3 Å². The van der Waals surface area contributed by atoms with E-state index in [1.54, 1.807) is 0 Å². The fourth-order valence-corrected chi connectivity index (χ4v) is 2.65. The summed E-state index contributed by atoms with van der Waals surface area (Å²) in [6.07, 6.45) is 4.79. The normalized spacial score (nSPS) is 19.1. The molecule has 3 heteroatoms. The van der Waals surface area contributed by atoms with Crippen LogP contribution in [0.3, 0.4) is 0 Å². The molecule has 0 aliphatic heterocycles. The van der Waals surface area contributed by atoms with Crippen LogP contribution in [0.15, 0.2) is 24.3 Å². The lowest BCUT2D eigenvalue weighted by Crippen LogP contribution is -2.33. The van der Waals surface area contributed by atoms with Gasteiger partial charge in [0.1, 0.15) is 0 Å². The van der Waals surface area contributed by atoms with Gasteiger partial charge >= 0.3 is 0 Å². The van der Waals surface area contributed by atoms with Crippen LogP contribution < -0.4 is 5.32 Å². The second kappa shape index (κ2) is 7.77. The van der Waals surface area contributed by atoms with Crippen LogP contribution in [0.25, 0.3) is 0 Å². The maximum atomic E-state index is 9.96. The molecular formula is C17H27NO2. The SMILES string of the molecule is Cc1ccc([C@H](C)NCC(O)COC2CCCC2)cc1. The summed E-state index contributed by atoms with van der Waals surface area (Å²) in [6, 6.07) is 8.75. The smallest absolute Gasteiger partial charge is 0.0898 e. The van der Waals surface area contributed by atoms with E-state index in [4.69, 9.17) is 4.74 Å². The molecule has 1 fully saturated rings. The zero-order chi connectivity index (χ0) is 14.4. The summed E-state index contributed by atoms with van der Waals surface area (Å²) < 4.78 is 5.73. The lowest BCUT2D eigenvalue weighted by Gasteiger charge is -2.19. The van der Waals surface area contributed by atoms with Crippen molar-refractivity contribution in [3.8, 4) is 0 Å². The highest BCUT2D eigenvalue weighted by molar-refractivity contribution is 5.23. The Morgan fingerprint density at radius 3 is 2.55 bits per heavy atom. The van der Waals surface area contributed by atoms with Crippen LogP contribution in [0.4, 0.5) is 0 Å². The van der Waals surface area contributed by atoms with Gasteiger partial charge in [0.25, 0.3) is 0 Å². The molecule has 1 aliphatic carbocycles. The van der Waals surface area contributed by atoms with Crippen molar-refractivity contribution in [1.29, 1.82) is 0 Å². The van der Waals surface area contributed by atoms with E-state index in [9.17, 15) is 5.11 Å². The minimum atomic E-state index is -0.427. The molecule has 0 radical (unpaired) electrons. The molecule has 20 heavy (non-hydrogen) atoms. The zero-order valence-corrected chi connectivity index (χ0v) is 12.6. The number of aryl methyl sites for hydroxylation is 1. The third kappa shape index (κ3) is 4.89. The van der Waals surface area contributed by atoms with E-state index in [1.807, 2.05) is 0 Å². The van der Waals surface area contributed by atoms with Crippen LogP contribution >= 0.6 is 0 Å². The number of aliphatic hydroxyl groups excluding tert-OH is 1. The Morgan fingerprint density at radius 2 is 1.90 bits per heavy atom. The van der Waals surface area contributed by atoms with Gasteiger partial charge in [-0.2, -0.15) is 0 Å². The van der Waals surface area contributed by atoms with Crippen molar-refractivity contribution >= 4 is 0 Å². The van der Waals surface area contributed by atoms with Crippen molar-refractivity contribution in [2.75, 3.05) is 13.2 Å². The molecule has 0 amide bonds. The molecule has 3 nitrogen and oxygen atoms in total. The van der Waals surface area contributed by atoms with Crippen molar-refractivity contribution in [3.05, 3.63) is 35.4 Å². The van der Waals surface area contributed by atoms with E-state index in [2.05, 4.69) is 43.4 Å². The van der Waals surface area contributed by atoms with Gasteiger partial charge in [-0.05, 0) is 32.3 Å². The third-order valence-electron chi connectivity index (χ3n) is 4.06. The van der Waals surface area contributed by atoms with E-state index < -0.39 is 6.10 Å². The second-order valence-corrected chi connectivity index (χ2v) is 5.93. The van der Waals surface area contributed by atoms with Crippen LogP contribution in [-0.2, 0) is 4.74 Å². The third-order valence-corrected chi connectivity index (χ3v) is 4.06. The number of benzene rings is 1. The average molecular weight is 277 g/mol. The number of nitrogens with one attached hydrogen (secondary N) is 1. The van der Waals surface area contributed by atoms with E-state index in [0.717, 1.165) is 12.8 Å². The number of ether oxygens (including phenoxy) is 1. The Labute approximate surface area is 122 Å². The van der Waals surface area contributed by atoms with Gasteiger partial charge in [0.05, 0.1) is 18.8 Å². The number of aliphatic hydroxyl groups is 1. The molecule has 2 N–H and O–H groups in total. The van der Waals surface area contributed by atoms with Crippen LogP contribution in [-0.4, -0.2) is 30.5 Å². The standard InChI is InChI=1S/C17H27NO2/c1-13-7-9-15(10-8-13)14(2)18-11-16(19)12-20-17-5-3-4-6-17/h7-10,14,16-19H,3-6,11-12H2,1-2H3/t14-,16?/m0/s1. The maximum absolute atomic E-state index is 9.96. The van der Waals surface area contributed by atoms with Crippen LogP contribution in [0.5, 0.6) is 0 Å². The van der Waals surface area contributed by atoms with Crippen molar-refractivity contribution in [2.45, 2.75) is 57.8 Å². The first-order valence-corrected chi connectivity index (χ1v) is 7.75. The topological polar surface area (TPSA) is 41.5 Å². The minimum Gasteiger partial charge on any atom is -0.389 e. The van der Waals surface area contributed by atoms with Gasteiger partial charge in [-0.15, -0.1) is 0 Å². The summed E-state index contributed by atoms with van der Waals surface area (Å²) in [7, 11) is 0. The number of rotatable bonds is 7. The summed E-state index contributed by atoms with van der Waals surface area (Å²) in [5, 5.41) is 13.3. The molecule has 1 unspecified atom stereocenters. The first kappa shape index (κ1) is 15.5. The summed E-state index contributed by atoms with van der Waals surface area (Å²) in [5.74, 6) is 0. The molecule has 1 saturated carbocycles. The van der Waals surface area contributed by atoms with Gasteiger partial charge in [-0.1, -0.05) is 42.7 Å². The lowest BCUT2D eigenvalue weighted by atomic mass is 10.1. The predicted molar refractivity (Wildman–Crippen MR) is 81.8 cm³/mol. The Balaban J connectivity index is 1.66. The summed E-state index contributed by atoms with van der Waals surface area (Å²) in [6.45, 7) is 5.22. The molecule has 0 aromatic heterocycles. The van der Waals surface area contributed by atoms with Gasteiger partial charge < -0.3 is 15.2 Å². The Hall–Kier alpha value is -0.900. The van der Waals surface area contributed by atoms with E-state index >= 15 is 0 Å². The molecule has 0 spiro atoms. The maximum Gasteiger partial charge on any atom is 0.0898 e. The van der Waals surface area contributed by atoms with Crippen LogP contribution in [0.1, 0.15) is 49.8 Å². The summed E-state index contributed by atoms with van der Waals surface area (Å²) in [5.41, 5.74) is 2.52. The predicted octanol–water partition coefficient (Wildman–Crippen LogP) is 2.97. The molecule has 0 heterocycles. The molecular weight excluding hydrogens is 250 g/mol. The van der Waals surface area contributed by atoms with E-state index in [1.165, 1.54) is 24.0 Å². The Kier molecular flexibility index (Phi) is 6.02. The van der Waals surface area contributed by atoms with Crippen molar-refractivity contribution in [1.82, 2.24) is 5.32 Å². The molecule has 1 aromatic carbocycles. The average Bonchev–Trinajstić information content (AvgIpc) is 2.96. The summed E-state index contributed by atoms with van der Waals surface area (Å²) >= 11 is 0. The molecule has 1 aliphatic rings. The number of hydrogen-bond acceptors (Lipinski definition) is 3. The minimum absolute atomic E-state index is 0.247.